The van der Waals surface area contributed by atoms with E-state index < -0.39 is 5.60 Å². The average Bonchev–Trinajstić information content (AvgIpc) is 2.38. The van der Waals surface area contributed by atoms with Crippen LogP contribution in [0.1, 0.15) is 79.6 Å². The molecule has 0 aromatic rings. The first-order valence-corrected chi connectivity index (χ1v) is 8.26. The van der Waals surface area contributed by atoms with Gasteiger partial charge in [0.25, 0.3) is 0 Å². The topological polar surface area (TPSA) is 20.2 Å². The quantitative estimate of drug-likeness (QED) is 0.407. The molecule has 0 saturated carbocycles. The van der Waals surface area contributed by atoms with E-state index >= 15 is 0 Å². The summed E-state index contributed by atoms with van der Waals surface area (Å²) >= 11 is 0. The number of hydrogen-bond acceptors (Lipinski definition) is 1. The Bertz CT molecular complexity index is 375. The Hall–Kier alpha value is -1.00. The fourth-order valence-corrected chi connectivity index (χ4v) is 2.32. The van der Waals surface area contributed by atoms with E-state index in [9.17, 15) is 5.11 Å². The molecule has 0 radical (unpaired) electrons. The number of allylic oxidation sites excluding steroid dienone is 4. The molecule has 1 N–H and O–H groups in total. The summed E-state index contributed by atoms with van der Waals surface area (Å²) in [6, 6.07) is 0. The molecule has 0 rings (SSSR count). The minimum Gasteiger partial charge on any atom is -0.378 e. The van der Waals surface area contributed by atoms with Gasteiger partial charge in [-0.3, -0.25) is 0 Å². The Labute approximate surface area is 132 Å². The molecule has 0 aliphatic rings. The van der Waals surface area contributed by atoms with E-state index in [1.807, 2.05) is 0 Å². The van der Waals surface area contributed by atoms with Gasteiger partial charge in [-0.15, -0.1) is 6.42 Å². The van der Waals surface area contributed by atoms with Crippen LogP contribution in [0.15, 0.2) is 23.3 Å². The number of rotatable bonds is 10. The van der Waals surface area contributed by atoms with Crippen LogP contribution in [0, 0.1) is 18.3 Å². The van der Waals surface area contributed by atoms with E-state index in [4.69, 9.17) is 6.42 Å². The first-order chi connectivity index (χ1) is 9.76. The van der Waals surface area contributed by atoms with Crippen molar-refractivity contribution in [3.63, 3.8) is 0 Å². The number of terminal acetylenes is 1. The molecule has 0 bridgehead atoms. The van der Waals surface area contributed by atoms with Gasteiger partial charge in [0.1, 0.15) is 5.60 Å². The average molecular weight is 290 g/mol. The van der Waals surface area contributed by atoms with Crippen molar-refractivity contribution in [3.8, 4) is 12.3 Å². The van der Waals surface area contributed by atoms with Crippen molar-refractivity contribution >= 4 is 0 Å². The molecule has 2 unspecified atom stereocenters. The van der Waals surface area contributed by atoms with Gasteiger partial charge in [-0.1, -0.05) is 42.6 Å². The van der Waals surface area contributed by atoms with Crippen LogP contribution in [0.2, 0.25) is 0 Å². The Morgan fingerprint density at radius 3 is 2.43 bits per heavy atom. The van der Waals surface area contributed by atoms with Crippen molar-refractivity contribution in [2.75, 3.05) is 0 Å². The fraction of sp³-hybridized carbons (Fsp3) is 0.700. The number of hydrogen-bond donors (Lipinski definition) is 1. The van der Waals surface area contributed by atoms with Gasteiger partial charge in [0, 0.05) is 0 Å². The summed E-state index contributed by atoms with van der Waals surface area (Å²) in [6.07, 6.45) is 17.5. The van der Waals surface area contributed by atoms with Gasteiger partial charge in [-0.05, 0) is 72.1 Å². The predicted octanol–water partition coefficient (Wildman–Crippen LogP) is 5.65. The largest absolute Gasteiger partial charge is 0.378 e. The lowest BCUT2D eigenvalue weighted by Crippen LogP contribution is -2.20. The van der Waals surface area contributed by atoms with Crippen molar-refractivity contribution in [2.45, 2.75) is 85.2 Å². The van der Waals surface area contributed by atoms with Crippen molar-refractivity contribution in [2.24, 2.45) is 5.92 Å². The van der Waals surface area contributed by atoms with Crippen LogP contribution in [-0.2, 0) is 0 Å². The van der Waals surface area contributed by atoms with Crippen molar-refractivity contribution < 1.29 is 5.11 Å². The Balaban J connectivity index is 3.81. The zero-order valence-electron chi connectivity index (χ0n) is 14.7. The van der Waals surface area contributed by atoms with E-state index in [0.717, 1.165) is 25.7 Å². The first kappa shape index (κ1) is 20.0. The highest BCUT2D eigenvalue weighted by Crippen LogP contribution is 2.19. The van der Waals surface area contributed by atoms with Crippen LogP contribution in [0.5, 0.6) is 0 Å². The van der Waals surface area contributed by atoms with Crippen LogP contribution in [0.3, 0.4) is 0 Å². The van der Waals surface area contributed by atoms with Gasteiger partial charge in [-0.25, -0.2) is 0 Å². The second-order valence-electron chi connectivity index (χ2n) is 6.86. The lowest BCUT2D eigenvalue weighted by atomic mass is 9.93. The van der Waals surface area contributed by atoms with E-state index in [2.05, 4.69) is 45.8 Å². The molecular formula is C20H34O. The smallest absolute Gasteiger partial charge is 0.122 e. The molecule has 21 heavy (non-hydrogen) atoms. The molecule has 0 aliphatic carbocycles. The summed E-state index contributed by atoms with van der Waals surface area (Å²) in [5.41, 5.74) is 1.97. The molecule has 0 saturated heterocycles. The van der Waals surface area contributed by atoms with Gasteiger partial charge in [0.05, 0.1) is 0 Å². The van der Waals surface area contributed by atoms with Crippen LogP contribution >= 0.6 is 0 Å². The normalized spacial score (nSPS) is 16.0. The minimum absolute atomic E-state index is 0.695. The number of aliphatic hydroxyl groups is 1. The summed E-state index contributed by atoms with van der Waals surface area (Å²) in [6.45, 7) is 10.5. The van der Waals surface area contributed by atoms with Crippen molar-refractivity contribution in [1.82, 2.24) is 0 Å². The van der Waals surface area contributed by atoms with Crippen LogP contribution in [0.25, 0.3) is 0 Å². The van der Waals surface area contributed by atoms with Crippen molar-refractivity contribution in [1.29, 1.82) is 0 Å². The molecular weight excluding hydrogens is 256 g/mol. The van der Waals surface area contributed by atoms with Gasteiger partial charge < -0.3 is 5.11 Å². The highest BCUT2D eigenvalue weighted by atomic mass is 16.3. The molecule has 0 fully saturated rings. The van der Waals surface area contributed by atoms with Crippen LogP contribution in [0.4, 0.5) is 0 Å². The highest BCUT2D eigenvalue weighted by Gasteiger charge is 2.15. The maximum absolute atomic E-state index is 9.76. The molecule has 1 nitrogen and oxygen atoms in total. The molecule has 2 atom stereocenters. The minimum atomic E-state index is -0.929. The second kappa shape index (κ2) is 10.7. The SMILES string of the molecule is C#CC(C)(O)CCCC(C)CC/C=C(\C)CCC=C(C)C. The van der Waals surface area contributed by atoms with E-state index in [1.54, 1.807) is 6.92 Å². The molecule has 0 aromatic heterocycles. The van der Waals surface area contributed by atoms with E-state index in [1.165, 1.54) is 24.0 Å². The second-order valence-corrected chi connectivity index (χ2v) is 6.86. The third-order valence-corrected chi connectivity index (χ3v) is 3.91. The summed E-state index contributed by atoms with van der Waals surface area (Å²) in [7, 11) is 0. The lowest BCUT2D eigenvalue weighted by Gasteiger charge is -2.17. The predicted molar refractivity (Wildman–Crippen MR) is 94.1 cm³/mol. The zero-order chi connectivity index (χ0) is 16.3. The highest BCUT2D eigenvalue weighted by molar-refractivity contribution is 5.04. The maximum atomic E-state index is 9.76. The van der Waals surface area contributed by atoms with E-state index in [-0.39, 0.29) is 0 Å². The summed E-state index contributed by atoms with van der Waals surface area (Å²) in [5, 5.41) is 9.76. The summed E-state index contributed by atoms with van der Waals surface area (Å²) < 4.78 is 0. The standard InChI is InChI=1S/C20H34O/c1-7-20(6,21)16-10-15-19(5)14-9-13-18(4)12-8-11-17(2)3/h1,11,13,19,21H,8-10,12,14-16H2,2-6H3/b18-13+. The Morgan fingerprint density at radius 2 is 1.86 bits per heavy atom. The fourth-order valence-electron chi connectivity index (χ4n) is 2.32. The van der Waals surface area contributed by atoms with E-state index in [0.29, 0.717) is 12.3 Å². The third kappa shape index (κ3) is 12.5. The van der Waals surface area contributed by atoms with Gasteiger partial charge >= 0.3 is 0 Å². The molecule has 0 aromatic carbocycles. The first-order valence-electron chi connectivity index (χ1n) is 8.26. The third-order valence-electron chi connectivity index (χ3n) is 3.91. The Kier molecular flexibility index (Phi) is 10.2. The molecule has 1 heteroatoms. The van der Waals surface area contributed by atoms with Gasteiger partial charge in [-0.2, -0.15) is 0 Å². The summed E-state index contributed by atoms with van der Waals surface area (Å²) in [4.78, 5) is 0. The molecule has 120 valence electrons. The zero-order valence-corrected chi connectivity index (χ0v) is 14.7. The maximum Gasteiger partial charge on any atom is 0.122 e. The monoisotopic (exact) mass is 290 g/mol. The molecule has 0 aliphatic heterocycles. The lowest BCUT2D eigenvalue weighted by molar-refractivity contribution is 0.107. The van der Waals surface area contributed by atoms with Crippen LogP contribution in [-0.4, -0.2) is 10.7 Å². The van der Waals surface area contributed by atoms with Gasteiger partial charge in [0.2, 0.25) is 0 Å². The van der Waals surface area contributed by atoms with Crippen molar-refractivity contribution in [3.05, 3.63) is 23.3 Å². The molecule has 0 amide bonds. The van der Waals surface area contributed by atoms with Gasteiger partial charge in [0.15, 0.2) is 0 Å². The molecule has 0 heterocycles. The van der Waals surface area contributed by atoms with Crippen LogP contribution < -0.4 is 0 Å². The molecule has 0 spiro atoms. The summed E-state index contributed by atoms with van der Waals surface area (Å²) in [5.74, 6) is 3.14. The Morgan fingerprint density at radius 1 is 1.19 bits per heavy atom.